The van der Waals surface area contributed by atoms with E-state index in [9.17, 15) is 13.2 Å². The number of hydrogen-bond acceptors (Lipinski definition) is 5. The van der Waals surface area contributed by atoms with E-state index in [0.29, 0.717) is 5.76 Å². The highest BCUT2D eigenvalue weighted by Crippen LogP contribution is 2.17. The van der Waals surface area contributed by atoms with Gasteiger partial charge in [-0.05, 0) is 37.3 Å². The van der Waals surface area contributed by atoms with Crippen molar-refractivity contribution in [1.82, 2.24) is 9.79 Å². The van der Waals surface area contributed by atoms with E-state index in [2.05, 4.69) is 5.32 Å². The maximum atomic E-state index is 12.3. The fraction of sp³-hybridized carbons (Fsp3) is 0.267. The van der Waals surface area contributed by atoms with Crippen molar-refractivity contribution in [3.8, 4) is 0 Å². The predicted molar refractivity (Wildman–Crippen MR) is 83.0 cm³/mol. The molecule has 124 valence electrons. The van der Waals surface area contributed by atoms with Crippen molar-refractivity contribution in [3.63, 3.8) is 0 Å². The van der Waals surface area contributed by atoms with Crippen LogP contribution in [0, 0.1) is 0 Å². The van der Waals surface area contributed by atoms with Crippen molar-refractivity contribution in [3.05, 3.63) is 54.0 Å². The maximum Gasteiger partial charge on any atom is 0.264 e. The van der Waals surface area contributed by atoms with E-state index in [1.54, 1.807) is 19.1 Å². The number of nitrogens with zero attached hydrogens (tertiary/aromatic N) is 1. The molecule has 0 aliphatic heterocycles. The monoisotopic (exact) mass is 338 g/mol. The van der Waals surface area contributed by atoms with Gasteiger partial charge in [0.25, 0.3) is 15.9 Å². The maximum absolute atomic E-state index is 12.3. The molecule has 7 nitrogen and oxygen atoms in total. The molecular weight excluding hydrogens is 320 g/mol. The molecule has 1 amide bonds. The summed E-state index contributed by atoms with van der Waals surface area (Å²) in [5, 5.41) is 2.75. The van der Waals surface area contributed by atoms with E-state index >= 15 is 0 Å². The molecule has 2 aromatic rings. The predicted octanol–water partition coefficient (Wildman–Crippen LogP) is 1.95. The Kier molecular flexibility index (Phi) is 5.19. The van der Waals surface area contributed by atoms with Crippen LogP contribution >= 0.6 is 0 Å². The first kappa shape index (κ1) is 17.2. The van der Waals surface area contributed by atoms with Gasteiger partial charge in [-0.25, -0.2) is 8.42 Å². The molecular formula is C15H18N2O5S. The molecule has 1 aromatic carbocycles. The van der Waals surface area contributed by atoms with Gasteiger partial charge in [-0.2, -0.15) is 0 Å². The average molecular weight is 338 g/mol. The summed E-state index contributed by atoms with van der Waals surface area (Å²) in [6.45, 7) is 1.77. The topological polar surface area (TPSA) is 88.8 Å². The molecule has 1 heterocycles. The zero-order valence-electron chi connectivity index (χ0n) is 13.0. The summed E-state index contributed by atoms with van der Waals surface area (Å²) >= 11 is 0. The van der Waals surface area contributed by atoms with E-state index in [-0.39, 0.29) is 16.5 Å². The number of amides is 1. The third kappa shape index (κ3) is 3.79. The molecule has 0 saturated heterocycles. The van der Waals surface area contributed by atoms with Crippen LogP contribution in [0.25, 0.3) is 0 Å². The minimum atomic E-state index is -3.80. The molecule has 0 spiro atoms. The molecule has 0 aliphatic rings. The van der Waals surface area contributed by atoms with Gasteiger partial charge in [-0.3, -0.25) is 9.63 Å². The van der Waals surface area contributed by atoms with Crippen molar-refractivity contribution in [2.45, 2.75) is 17.9 Å². The van der Waals surface area contributed by atoms with Gasteiger partial charge in [-0.15, -0.1) is 0 Å². The SMILES string of the molecule is CON(C)S(=O)(=O)c1cccc(C(=O)N[C@@H](C)c2ccco2)c1. The van der Waals surface area contributed by atoms with E-state index in [1.807, 2.05) is 0 Å². The Balaban J connectivity index is 2.21. The molecule has 1 N–H and O–H groups in total. The van der Waals surface area contributed by atoms with E-state index in [1.165, 1.54) is 44.7 Å². The second-order valence-electron chi connectivity index (χ2n) is 4.84. The Morgan fingerprint density at radius 3 is 2.65 bits per heavy atom. The van der Waals surface area contributed by atoms with E-state index < -0.39 is 15.9 Å². The van der Waals surface area contributed by atoms with Crippen molar-refractivity contribution >= 4 is 15.9 Å². The number of nitrogens with one attached hydrogen (secondary N) is 1. The first-order chi connectivity index (χ1) is 10.9. The lowest BCUT2D eigenvalue weighted by atomic mass is 10.2. The van der Waals surface area contributed by atoms with Crippen molar-refractivity contribution in [2.75, 3.05) is 14.2 Å². The summed E-state index contributed by atoms with van der Waals surface area (Å²) in [7, 11) is -1.28. The molecule has 23 heavy (non-hydrogen) atoms. The Hall–Kier alpha value is -2.16. The molecule has 1 atom stereocenters. The fourth-order valence-electron chi connectivity index (χ4n) is 1.93. The first-order valence-corrected chi connectivity index (χ1v) is 8.27. The summed E-state index contributed by atoms with van der Waals surface area (Å²) in [4.78, 5) is 17.0. The van der Waals surface area contributed by atoms with Gasteiger partial charge >= 0.3 is 0 Å². The summed E-state index contributed by atoms with van der Waals surface area (Å²) < 4.78 is 30.4. The number of carbonyl (C=O) groups is 1. The number of furan rings is 1. The zero-order chi connectivity index (χ0) is 17.0. The number of sulfonamides is 1. The highest BCUT2D eigenvalue weighted by atomic mass is 32.2. The van der Waals surface area contributed by atoms with Crippen LogP contribution in [0.15, 0.2) is 52.0 Å². The Morgan fingerprint density at radius 1 is 1.30 bits per heavy atom. The van der Waals surface area contributed by atoms with Crippen LogP contribution in [-0.2, 0) is 14.9 Å². The van der Waals surface area contributed by atoms with E-state index in [4.69, 9.17) is 9.25 Å². The van der Waals surface area contributed by atoms with Gasteiger partial charge in [0, 0.05) is 12.6 Å². The standard InChI is InChI=1S/C15H18N2O5S/c1-11(14-8-5-9-22-14)16-15(18)12-6-4-7-13(10-12)23(19,20)17(2)21-3/h4-11H,1-3H3,(H,16,18)/t11-/m0/s1. The molecule has 1 aromatic heterocycles. The zero-order valence-corrected chi connectivity index (χ0v) is 13.8. The van der Waals surface area contributed by atoms with Crippen molar-refractivity contribution < 1.29 is 22.5 Å². The quantitative estimate of drug-likeness (QED) is 0.813. The number of hydroxylamine groups is 1. The number of benzene rings is 1. The summed E-state index contributed by atoms with van der Waals surface area (Å²) in [6.07, 6.45) is 1.52. The average Bonchev–Trinajstić information content (AvgIpc) is 3.08. The Labute approximate surface area is 134 Å². The van der Waals surface area contributed by atoms with Crippen LogP contribution < -0.4 is 5.32 Å². The first-order valence-electron chi connectivity index (χ1n) is 6.83. The smallest absolute Gasteiger partial charge is 0.264 e. The molecule has 2 rings (SSSR count). The van der Waals surface area contributed by atoms with Crippen molar-refractivity contribution in [1.29, 1.82) is 0 Å². The molecule has 0 unspecified atom stereocenters. The highest BCUT2D eigenvalue weighted by molar-refractivity contribution is 7.89. The van der Waals surface area contributed by atoms with Crippen LogP contribution in [-0.4, -0.2) is 33.0 Å². The second kappa shape index (κ2) is 6.95. The third-order valence-electron chi connectivity index (χ3n) is 3.31. The number of carbonyl (C=O) groups excluding carboxylic acids is 1. The Morgan fingerprint density at radius 2 is 2.04 bits per heavy atom. The fourth-order valence-corrected chi connectivity index (χ4v) is 2.95. The second-order valence-corrected chi connectivity index (χ2v) is 6.77. The minimum Gasteiger partial charge on any atom is -0.467 e. The lowest BCUT2D eigenvalue weighted by Gasteiger charge is -2.15. The van der Waals surface area contributed by atoms with Gasteiger partial charge in [-0.1, -0.05) is 10.5 Å². The van der Waals surface area contributed by atoms with E-state index in [0.717, 1.165) is 4.47 Å². The van der Waals surface area contributed by atoms with Crippen LogP contribution in [0.1, 0.15) is 29.1 Å². The summed E-state index contributed by atoms with van der Waals surface area (Å²) in [5.74, 6) is 0.215. The summed E-state index contributed by atoms with van der Waals surface area (Å²) in [5.41, 5.74) is 0.231. The van der Waals surface area contributed by atoms with Crippen LogP contribution in [0.5, 0.6) is 0 Å². The van der Waals surface area contributed by atoms with Gasteiger partial charge in [0.05, 0.1) is 24.3 Å². The lowest BCUT2D eigenvalue weighted by molar-refractivity contribution is -0.0258. The van der Waals surface area contributed by atoms with Crippen LogP contribution in [0.4, 0.5) is 0 Å². The van der Waals surface area contributed by atoms with Gasteiger partial charge < -0.3 is 9.73 Å². The number of rotatable bonds is 6. The largest absolute Gasteiger partial charge is 0.467 e. The van der Waals surface area contributed by atoms with Gasteiger partial charge in [0.15, 0.2) is 0 Å². The van der Waals surface area contributed by atoms with Crippen molar-refractivity contribution in [2.24, 2.45) is 0 Å². The molecule has 0 bridgehead atoms. The number of hydrogen-bond donors (Lipinski definition) is 1. The normalized spacial score (nSPS) is 13.0. The highest BCUT2D eigenvalue weighted by Gasteiger charge is 2.22. The Bertz CT molecular complexity index is 771. The molecule has 0 radical (unpaired) electrons. The van der Waals surface area contributed by atoms with Gasteiger partial charge in [0.2, 0.25) is 0 Å². The van der Waals surface area contributed by atoms with Crippen LogP contribution in [0.2, 0.25) is 0 Å². The van der Waals surface area contributed by atoms with Gasteiger partial charge in [0.1, 0.15) is 5.76 Å². The van der Waals surface area contributed by atoms with Crippen LogP contribution in [0.3, 0.4) is 0 Å². The molecule has 8 heteroatoms. The molecule has 0 saturated carbocycles. The lowest BCUT2D eigenvalue weighted by Crippen LogP contribution is -2.28. The third-order valence-corrected chi connectivity index (χ3v) is 4.98. The molecule has 0 fully saturated rings. The molecule has 0 aliphatic carbocycles. The summed E-state index contributed by atoms with van der Waals surface area (Å²) in [6, 6.07) is 8.89. The minimum absolute atomic E-state index is 0.0276.